The van der Waals surface area contributed by atoms with Crippen LogP contribution in [0, 0.1) is 0 Å². The molecule has 1 aromatic carbocycles. The minimum absolute atomic E-state index is 0.664. The molecule has 0 bridgehead atoms. The van der Waals surface area contributed by atoms with Gasteiger partial charge in [0, 0.05) is 11.6 Å². The third-order valence-corrected chi connectivity index (χ3v) is 2.72. The molecule has 0 atom stereocenters. The SMILES string of the molecule is COc1c(Br)cc(Cl)cc1NCCCN. The zero-order valence-corrected chi connectivity index (χ0v) is 10.9. The summed E-state index contributed by atoms with van der Waals surface area (Å²) >= 11 is 9.33. The maximum atomic E-state index is 5.94. The monoisotopic (exact) mass is 292 g/mol. The molecule has 0 aliphatic rings. The summed E-state index contributed by atoms with van der Waals surface area (Å²) in [5.74, 6) is 0.761. The topological polar surface area (TPSA) is 47.3 Å². The van der Waals surface area contributed by atoms with E-state index in [-0.39, 0.29) is 0 Å². The van der Waals surface area contributed by atoms with Gasteiger partial charge in [0.2, 0.25) is 0 Å². The Morgan fingerprint density at radius 1 is 1.53 bits per heavy atom. The van der Waals surface area contributed by atoms with Crippen molar-refractivity contribution in [2.24, 2.45) is 5.73 Å². The van der Waals surface area contributed by atoms with Crippen molar-refractivity contribution in [1.82, 2.24) is 0 Å². The lowest BCUT2D eigenvalue weighted by Gasteiger charge is -2.12. The number of nitrogens with one attached hydrogen (secondary N) is 1. The normalized spacial score (nSPS) is 10.1. The van der Waals surface area contributed by atoms with Gasteiger partial charge in [-0.05, 0) is 41.0 Å². The first kappa shape index (κ1) is 12.6. The number of nitrogens with two attached hydrogens (primary N) is 1. The number of anilines is 1. The zero-order chi connectivity index (χ0) is 11.3. The van der Waals surface area contributed by atoms with Crippen LogP contribution in [-0.4, -0.2) is 20.2 Å². The molecule has 0 saturated heterocycles. The van der Waals surface area contributed by atoms with Crippen molar-refractivity contribution in [1.29, 1.82) is 0 Å². The summed E-state index contributed by atoms with van der Waals surface area (Å²) in [5, 5.41) is 3.89. The molecule has 0 amide bonds. The van der Waals surface area contributed by atoms with Crippen LogP contribution < -0.4 is 15.8 Å². The molecule has 0 aliphatic carbocycles. The van der Waals surface area contributed by atoms with E-state index in [9.17, 15) is 0 Å². The minimum atomic E-state index is 0.664. The summed E-state index contributed by atoms with van der Waals surface area (Å²) in [6.07, 6.45) is 0.910. The number of hydrogen-bond acceptors (Lipinski definition) is 3. The van der Waals surface area contributed by atoms with Crippen molar-refractivity contribution < 1.29 is 4.74 Å². The van der Waals surface area contributed by atoms with E-state index in [1.807, 2.05) is 6.07 Å². The highest BCUT2D eigenvalue weighted by Crippen LogP contribution is 2.36. The minimum Gasteiger partial charge on any atom is -0.493 e. The molecular formula is C10H14BrClN2O. The van der Waals surface area contributed by atoms with Gasteiger partial charge in [0.05, 0.1) is 17.3 Å². The third kappa shape index (κ3) is 3.55. The van der Waals surface area contributed by atoms with Gasteiger partial charge in [0.25, 0.3) is 0 Å². The van der Waals surface area contributed by atoms with Gasteiger partial charge >= 0.3 is 0 Å². The van der Waals surface area contributed by atoms with Crippen LogP contribution in [0.25, 0.3) is 0 Å². The lowest BCUT2D eigenvalue weighted by atomic mass is 10.3. The number of benzene rings is 1. The molecule has 0 saturated carbocycles. The molecule has 0 aromatic heterocycles. The van der Waals surface area contributed by atoms with Crippen LogP contribution >= 0.6 is 27.5 Å². The Balaban J connectivity index is 2.84. The van der Waals surface area contributed by atoms with Crippen LogP contribution in [0.2, 0.25) is 5.02 Å². The summed E-state index contributed by atoms with van der Waals surface area (Å²) in [6.45, 7) is 1.47. The van der Waals surface area contributed by atoms with Gasteiger partial charge in [0.15, 0.2) is 5.75 Å². The first-order valence-corrected chi connectivity index (χ1v) is 5.83. The molecule has 0 unspecified atom stereocenters. The summed E-state index contributed by atoms with van der Waals surface area (Å²) in [7, 11) is 1.63. The van der Waals surface area contributed by atoms with Crippen molar-refractivity contribution in [2.45, 2.75) is 6.42 Å². The van der Waals surface area contributed by atoms with Gasteiger partial charge in [-0.25, -0.2) is 0 Å². The van der Waals surface area contributed by atoms with Crippen molar-refractivity contribution in [3.05, 3.63) is 21.6 Å². The average molecular weight is 294 g/mol. The van der Waals surface area contributed by atoms with Gasteiger partial charge < -0.3 is 15.8 Å². The Morgan fingerprint density at radius 2 is 2.27 bits per heavy atom. The van der Waals surface area contributed by atoms with Crippen LogP contribution in [0.15, 0.2) is 16.6 Å². The fraction of sp³-hybridized carbons (Fsp3) is 0.400. The van der Waals surface area contributed by atoms with Crippen LogP contribution in [0.4, 0.5) is 5.69 Å². The van der Waals surface area contributed by atoms with Crippen LogP contribution in [0.5, 0.6) is 5.75 Å². The molecule has 1 rings (SSSR count). The summed E-state index contributed by atoms with van der Waals surface area (Å²) in [4.78, 5) is 0. The first-order valence-electron chi connectivity index (χ1n) is 4.66. The number of hydrogen-bond donors (Lipinski definition) is 2. The van der Waals surface area contributed by atoms with Crippen molar-refractivity contribution >= 4 is 33.2 Å². The van der Waals surface area contributed by atoms with E-state index in [0.717, 1.165) is 28.9 Å². The molecule has 0 heterocycles. The third-order valence-electron chi connectivity index (χ3n) is 1.91. The maximum absolute atomic E-state index is 5.94. The van der Waals surface area contributed by atoms with Crippen LogP contribution in [0.3, 0.4) is 0 Å². The first-order chi connectivity index (χ1) is 7.19. The predicted molar refractivity (Wildman–Crippen MR) is 67.9 cm³/mol. The number of rotatable bonds is 5. The van der Waals surface area contributed by atoms with Crippen molar-refractivity contribution in [3.63, 3.8) is 0 Å². The highest BCUT2D eigenvalue weighted by atomic mass is 79.9. The fourth-order valence-electron chi connectivity index (χ4n) is 1.22. The highest BCUT2D eigenvalue weighted by molar-refractivity contribution is 9.10. The van der Waals surface area contributed by atoms with Gasteiger partial charge in [-0.1, -0.05) is 11.6 Å². The Morgan fingerprint density at radius 3 is 2.87 bits per heavy atom. The lowest BCUT2D eigenvalue weighted by molar-refractivity contribution is 0.414. The molecule has 3 nitrogen and oxygen atoms in total. The molecule has 1 aromatic rings. The number of ether oxygens (including phenoxy) is 1. The van der Waals surface area contributed by atoms with Crippen molar-refractivity contribution in [2.75, 3.05) is 25.5 Å². The van der Waals surface area contributed by atoms with E-state index in [1.54, 1.807) is 13.2 Å². The van der Waals surface area contributed by atoms with E-state index in [4.69, 9.17) is 22.1 Å². The predicted octanol–water partition coefficient (Wildman–Crippen LogP) is 2.87. The summed E-state index contributed by atoms with van der Waals surface area (Å²) in [5.41, 5.74) is 6.30. The van der Waals surface area contributed by atoms with Gasteiger partial charge in [0.1, 0.15) is 0 Å². The lowest BCUT2D eigenvalue weighted by Crippen LogP contribution is -2.09. The molecule has 84 valence electrons. The standard InChI is InChI=1S/C10H14BrClN2O/c1-15-10-8(11)5-7(12)6-9(10)14-4-2-3-13/h5-6,14H,2-4,13H2,1H3. The maximum Gasteiger partial charge on any atom is 0.156 e. The van der Waals surface area contributed by atoms with Gasteiger partial charge in [-0.3, -0.25) is 0 Å². The molecule has 15 heavy (non-hydrogen) atoms. The van der Waals surface area contributed by atoms with Gasteiger partial charge in [-0.15, -0.1) is 0 Å². The zero-order valence-electron chi connectivity index (χ0n) is 8.52. The smallest absolute Gasteiger partial charge is 0.156 e. The Kier molecular flexibility index (Phi) is 5.22. The summed E-state index contributed by atoms with van der Waals surface area (Å²) in [6, 6.07) is 3.64. The second-order valence-corrected chi connectivity index (χ2v) is 4.33. The van der Waals surface area contributed by atoms with Crippen LogP contribution in [0.1, 0.15) is 6.42 Å². The Hall–Kier alpha value is -0.450. The van der Waals surface area contributed by atoms with E-state index in [0.29, 0.717) is 11.6 Å². The molecule has 0 fully saturated rings. The second-order valence-electron chi connectivity index (χ2n) is 3.04. The van der Waals surface area contributed by atoms with E-state index >= 15 is 0 Å². The average Bonchev–Trinajstić information content (AvgIpc) is 2.17. The highest BCUT2D eigenvalue weighted by Gasteiger charge is 2.08. The van der Waals surface area contributed by atoms with Crippen LogP contribution in [-0.2, 0) is 0 Å². The quantitative estimate of drug-likeness (QED) is 0.821. The molecule has 0 radical (unpaired) electrons. The summed E-state index contributed by atoms with van der Waals surface area (Å²) < 4.78 is 6.10. The number of halogens is 2. The Labute approximate surface area is 103 Å². The second kappa shape index (κ2) is 6.20. The molecule has 0 aliphatic heterocycles. The van der Waals surface area contributed by atoms with E-state index < -0.39 is 0 Å². The van der Waals surface area contributed by atoms with E-state index in [1.165, 1.54) is 0 Å². The molecule has 0 spiro atoms. The van der Waals surface area contributed by atoms with Gasteiger partial charge in [-0.2, -0.15) is 0 Å². The number of methoxy groups -OCH3 is 1. The fourth-order valence-corrected chi connectivity index (χ4v) is 2.20. The molecule has 3 N–H and O–H groups in total. The van der Waals surface area contributed by atoms with Crippen molar-refractivity contribution in [3.8, 4) is 5.75 Å². The molecular weight excluding hydrogens is 279 g/mol. The Bertz CT molecular complexity index is 333. The van der Waals surface area contributed by atoms with E-state index in [2.05, 4.69) is 21.2 Å². The largest absolute Gasteiger partial charge is 0.493 e. The molecule has 5 heteroatoms.